The first-order valence-electron chi connectivity index (χ1n) is 5.08. The van der Waals surface area contributed by atoms with Crippen LogP contribution in [0.15, 0.2) is 30.3 Å². The van der Waals surface area contributed by atoms with E-state index in [1.165, 1.54) is 4.88 Å². The molecule has 2 aromatic rings. The van der Waals surface area contributed by atoms with Crippen LogP contribution in [0.2, 0.25) is 0 Å². The fraction of sp³-hybridized carbons (Fsp3) is 0.250. The molecule has 0 unspecified atom stereocenters. The Kier molecular flexibility index (Phi) is 3.98. The summed E-state index contributed by atoms with van der Waals surface area (Å²) in [4.78, 5) is 5.83. The fourth-order valence-corrected chi connectivity index (χ4v) is 3.21. The lowest BCUT2D eigenvalue weighted by Crippen LogP contribution is -1.95. The lowest BCUT2D eigenvalue weighted by molar-refractivity contribution is 1.10. The molecule has 0 fully saturated rings. The minimum Gasteiger partial charge on any atom is -0.326 e. The van der Waals surface area contributed by atoms with Gasteiger partial charge in [0.1, 0.15) is 5.01 Å². The van der Waals surface area contributed by atoms with Crippen molar-refractivity contribution in [2.45, 2.75) is 12.3 Å². The van der Waals surface area contributed by atoms with E-state index in [0.29, 0.717) is 6.54 Å². The van der Waals surface area contributed by atoms with Crippen molar-refractivity contribution >= 4 is 23.1 Å². The lowest BCUT2D eigenvalue weighted by atomic mass is 10.1. The molecule has 84 valence electrons. The van der Waals surface area contributed by atoms with E-state index in [-0.39, 0.29) is 0 Å². The maximum Gasteiger partial charge on any atom is 0.103 e. The number of thiazole rings is 1. The lowest BCUT2D eigenvalue weighted by Gasteiger charge is -1.98. The molecule has 2 N–H and O–H groups in total. The average molecular weight is 250 g/mol. The molecule has 0 aliphatic rings. The van der Waals surface area contributed by atoms with Gasteiger partial charge in [-0.3, -0.25) is 0 Å². The van der Waals surface area contributed by atoms with Crippen molar-refractivity contribution in [3.8, 4) is 11.3 Å². The van der Waals surface area contributed by atoms with Crippen LogP contribution in [-0.2, 0) is 12.3 Å². The zero-order valence-electron chi connectivity index (χ0n) is 9.14. The molecule has 1 aromatic heterocycles. The van der Waals surface area contributed by atoms with E-state index in [4.69, 9.17) is 5.73 Å². The van der Waals surface area contributed by atoms with E-state index in [2.05, 4.69) is 23.4 Å². The Morgan fingerprint density at radius 2 is 2.06 bits per heavy atom. The minimum absolute atomic E-state index is 0.566. The van der Waals surface area contributed by atoms with Crippen LogP contribution in [0.3, 0.4) is 0 Å². The SMILES string of the molecule is CSCc1nc(-c2ccccc2)c(CN)s1. The van der Waals surface area contributed by atoms with Crippen LogP contribution in [0.1, 0.15) is 9.88 Å². The van der Waals surface area contributed by atoms with Crippen LogP contribution in [0, 0.1) is 0 Å². The van der Waals surface area contributed by atoms with Crippen LogP contribution in [0.5, 0.6) is 0 Å². The molecule has 4 heteroatoms. The normalized spacial score (nSPS) is 10.6. The first-order valence-corrected chi connectivity index (χ1v) is 7.29. The van der Waals surface area contributed by atoms with Gasteiger partial charge in [-0.25, -0.2) is 4.98 Å². The molecule has 0 aliphatic carbocycles. The summed E-state index contributed by atoms with van der Waals surface area (Å²) in [5.74, 6) is 0.963. The smallest absolute Gasteiger partial charge is 0.103 e. The Labute approximate surface area is 104 Å². The first-order chi connectivity index (χ1) is 7.85. The molecule has 0 atom stereocenters. The largest absolute Gasteiger partial charge is 0.326 e. The van der Waals surface area contributed by atoms with Crippen LogP contribution in [0.4, 0.5) is 0 Å². The van der Waals surface area contributed by atoms with Gasteiger partial charge in [0.2, 0.25) is 0 Å². The second-order valence-corrected chi connectivity index (χ2v) is 5.42. The molecular formula is C12H14N2S2. The molecule has 2 nitrogen and oxygen atoms in total. The second kappa shape index (κ2) is 5.48. The standard InChI is InChI=1S/C12H14N2S2/c1-15-8-11-14-12(10(7-13)16-11)9-5-3-2-4-6-9/h2-6H,7-8,13H2,1H3. The third-order valence-electron chi connectivity index (χ3n) is 2.24. The predicted molar refractivity (Wildman–Crippen MR) is 72.7 cm³/mol. The summed E-state index contributed by atoms with van der Waals surface area (Å²) in [6, 6.07) is 10.2. The predicted octanol–water partition coefficient (Wildman–Crippen LogP) is 3.13. The molecule has 0 amide bonds. The Hall–Kier alpha value is -0.840. The summed E-state index contributed by atoms with van der Waals surface area (Å²) in [5, 5.41) is 1.16. The van der Waals surface area contributed by atoms with Crippen LogP contribution >= 0.6 is 23.1 Å². The fourth-order valence-electron chi connectivity index (χ4n) is 1.55. The van der Waals surface area contributed by atoms with E-state index >= 15 is 0 Å². The Morgan fingerprint density at radius 1 is 1.31 bits per heavy atom. The van der Waals surface area contributed by atoms with Gasteiger partial charge in [0.05, 0.1) is 5.69 Å². The van der Waals surface area contributed by atoms with E-state index in [9.17, 15) is 0 Å². The van der Waals surface area contributed by atoms with Crippen molar-refractivity contribution in [3.63, 3.8) is 0 Å². The molecule has 1 aromatic carbocycles. The molecule has 0 spiro atoms. The minimum atomic E-state index is 0.566. The molecule has 16 heavy (non-hydrogen) atoms. The summed E-state index contributed by atoms with van der Waals surface area (Å²) in [5.41, 5.74) is 7.97. The third kappa shape index (κ3) is 2.45. The Morgan fingerprint density at radius 3 is 2.69 bits per heavy atom. The van der Waals surface area contributed by atoms with Gasteiger partial charge in [-0.1, -0.05) is 30.3 Å². The highest BCUT2D eigenvalue weighted by atomic mass is 32.2. The molecule has 1 heterocycles. The average Bonchev–Trinajstić information content (AvgIpc) is 2.74. The highest BCUT2D eigenvalue weighted by Gasteiger charge is 2.10. The molecule has 0 saturated heterocycles. The number of benzene rings is 1. The quantitative estimate of drug-likeness (QED) is 0.906. The number of hydrogen-bond acceptors (Lipinski definition) is 4. The number of hydrogen-bond donors (Lipinski definition) is 1. The molecule has 2 rings (SSSR count). The van der Waals surface area contributed by atoms with E-state index in [0.717, 1.165) is 22.0 Å². The topological polar surface area (TPSA) is 38.9 Å². The van der Waals surface area contributed by atoms with E-state index < -0.39 is 0 Å². The van der Waals surface area contributed by atoms with Crippen molar-refractivity contribution in [1.29, 1.82) is 0 Å². The molecule has 0 aliphatic heterocycles. The number of aromatic nitrogens is 1. The molecule has 0 radical (unpaired) electrons. The number of thioether (sulfide) groups is 1. The summed E-state index contributed by atoms with van der Waals surface area (Å²) in [7, 11) is 0. The van der Waals surface area contributed by atoms with Crippen molar-refractivity contribution in [1.82, 2.24) is 4.98 Å². The number of nitrogens with two attached hydrogens (primary N) is 1. The first kappa shape index (κ1) is 11.6. The Balaban J connectivity index is 2.39. The van der Waals surface area contributed by atoms with Crippen molar-refractivity contribution < 1.29 is 0 Å². The summed E-state index contributed by atoms with van der Waals surface area (Å²) in [6.45, 7) is 0.566. The highest BCUT2D eigenvalue weighted by Crippen LogP contribution is 2.29. The van der Waals surface area contributed by atoms with Gasteiger partial charge in [0.15, 0.2) is 0 Å². The van der Waals surface area contributed by atoms with E-state index in [1.54, 1.807) is 23.1 Å². The highest BCUT2D eigenvalue weighted by molar-refractivity contribution is 7.97. The Bertz CT molecular complexity index is 451. The molecule has 0 bridgehead atoms. The van der Waals surface area contributed by atoms with Crippen molar-refractivity contribution in [2.75, 3.05) is 6.26 Å². The van der Waals surface area contributed by atoms with Gasteiger partial charge in [-0.2, -0.15) is 11.8 Å². The summed E-state index contributed by atoms with van der Waals surface area (Å²) in [6.07, 6.45) is 2.09. The molecule has 0 saturated carbocycles. The molecular weight excluding hydrogens is 236 g/mol. The van der Waals surface area contributed by atoms with Gasteiger partial charge < -0.3 is 5.73 Å². The van der Waals surface area contributed by atoms with Crippen LogP contribution in [-0.4, -0.2) is 11.2 Å². The number of rotatable bonds is 4. The van der Waals surface area contributed by atoms with Gasteiger partial charge >= 0.3 is 0 Å². The van der Waals surface area contributed by atoms with Gasteiger partial charge in [-0.05, 0) is 6.26 Å². The number of nitrogens with zero attached hydrogens (tertiary/aromatic N) is 1. The van der Waals surface area contributed by atoms with Crippen LogP contribution < -0.4 is 5.73 Å². The van der Waals surface area contributed by atoms with Gasteiger partial charge in [-0.15, -0.1) is 11.3 Å². The van der Waals surface area contributed by atoms with E-state index in [1.807, 2.05) is 18.2 Å². The van der Waals surface area contributed by atoms with Gasteiger partial charge in [0, 0.05) is 22.7 Å². The monoisotopic (exact) mass is 250 g/mol. The third-order valence-corrected chi connectivity index (χ3v) is 4.06. The summed E-state index contributed by atoms with van der Waals surface area (Å²) < 4.78 is 0. The maximum atomic E-state index is 5.76. The zero-order valence-corrected chi connectivity index (χ0v) is 10.8. The summed E-state index contributed by atoms with van der Waals surface area (Å²) >= 11 is 3.51. The second-order valence-electron chi connectivity index (χ2n) is 3.38. The van der Waals surface area contributed by atoms with Crippen LogP contribution in [0.25, 0.3) is 11.3 Å². The van der Waals surface area contributed by atoms with Gasteiger partial charge in [0.25, 0.3) is 0 Å². The maximum absolute atomic E-state index is 5.76. The van der Waals surface area contributed by atoms with Crippen molar-refractivity contribution in [3.05, 3.63) is 40.2 Å². The van der Waals surface area contributed by atoms with Crippen molar-refractivity contribution in [2.24, 2.45) is 5.73 Å². The zero-order chi connectivity index (χ0) is 11.4.